The van der Waals surface area contributed by atoms with Gasteiger partial charge in [-0.05, 0) is 31.9 Å². The van der Waals surface area contributed by atoms with Crippen molar-refractivity contribution in [1.82, 2.24) is 4.90 Å². The molecule has 2 amide bonds. The number of para-hydroxylation sites is 1. The first-order chi connectivity index (χ1) is 9.49. The maximum atomic E-state index is 12.2. The number of hydrogen-bond acceptors (Lipinski definition) is 2. The molecule has 2 N–H and O–H groups in total. The molecule has 1 fully saturated rings. The Hall–Kier alpha value is -1.75. The van der Waals surface area contributed by atoms with Gasteiger partial charge in [-0.1, -0.05) is 23.7 Å². The van der Waals surface area contributed by atoms with Crippen LogP contribution in [-0.2, 0) is 4.79 Å². The summed E-state index contributed by atoms with van der Waals surface area (Å²) >= 11 is 6.00. The SMILES string of the molecule is CC1CC(C(=O)O)CCN1C(=O)Nc1ccccc1Cl. The Balaban J connectivity index is 2.00. The van der Waals surface area contributed by atoms with Crippen LogP contribution in [0.3, 0.4) is 0 Å². The van der Waals surface area contributed by atoms with Crippen molar-refractivity contribution in [2.75, 3.05) is 11.9 Å². The molecule has 2 unspecified atom stereocenters. The molecule has 6 heteroatoms. The number of amides is 2. The number of likely N-dealkylation sites (tertiary alicyclic amines) is 1. The number of aliphatic carboxylic acids is 1. The molecule has 0 radical (unpaired) electrons. The fourth-order valence-corrected chi connectivity index (χ4v) is 2.63. The number of nitrogens with zero attached hydrogens (tertiary/aromatic N) is 1. The van der Waals surface area contributed by atoms with Gasteiger partial charge in [0.2, 0.25) is 0 Å². The highest BCUT2D eigenvalue weighted by Crippen LogP contribution is 2.25. The molecule has 0 spiro atoms. The van der Waals surface area contributed by atoms with Crippen LogP contribution < -0.4 is 5.32 Å². The first kappa shape index (κ1) is 14.7. The summed E-state index contributed by atoms with van der Waals surface area (Å²) in [4.78, 5) is 24.8. The number of urea groups is 1. The molecule has 0 aliphatic carbocycles. The number of anilines is 1. The van der Waals surface area contributed by atoms with Crippen LogP contribution in [-0.4, -0.2) is 34.6 Å². The normalized spacial score (nSPS) is 22.4. The summed E-state index contributed by atoms with van der Waals surface area (Å²) in [5.74, 6) is -1.16. The highest BCUT2D eigenvalue weighted by Gasteiger charge is 2.32. The van der Waals surface area contributed by atoms with Crippen LogP contribution in [0.4, 0.5) is 10.5 Å². The second kappa shape index (κ2) is 6.13. The van der Waals surface area contributed by atoms with Gasteiger partial charge in [-0.15, -0.1) is 0 Å². The van der Waals surface area contributed by atoms with Gasteiger partial charge >= 0.3 is 12.0 Å². The van der Waals surface area contributed by atoms with E-state index in [-0.39, 0.29) is 18.0 Å². The van der Waals surface area contributed by atoms with E-state index in [2.05, 4.69) is 5.32 Å². The van der Waals surface area contributed by atoms with Crippen molar-refractivity contribution in [3.63, 3.8) is 0 Å². The van der Waals surface area contributed by atoms with Gasteiger partial charge in [0.05, 0.1) is 16.6 Å². The predicted octanol–water partition coefficient (Wildman–Crippen LogP) is 3.06. The Morgan fingerprint density at radius 2 is 2.10 bits per heavy atom. The molecule has 0 bridgehead atoms. The van der Waals surface area contributed by atoms with E-state index in [1.54, 1.807) is 29.2 Å². The molecule has 20 heavy (non-hydrogen) atoms. The smallest absolute Gasteiger partial charge is 0.322 e. The van der Waals surface area contributed by atoms with Crippen LogP contribution >= 0.6 is 11.6 Å². The third-order valence-corrected chi connectivity index (χ3v) is 3.93. The first-order valence-electron chi connectivity index (χ1n) is 6.54. The van der Waals surface area contributed by atoms with Gasteiger partial charge < -0.3 is 15.3 Å². The van der Waals surface area contributed by atoms with Crippen molar-refractivity contribution in [2.45, 2.75) is 25.8 Å². The molecule has 2 atom stereocenters. The monoisotopic (exact) mass is 296 g/mol. The zero-order chi connectivity index (χ0) is 14.7. The van der Waals surface area contributed by atoms with Crippen molar-refractivity contribution in [2.24, 2.45) is 5.92 Å². The molecule has 1 aliphatic rings. The third-order valence-electron chi connectivity index (χ3n) is 3.60. The number of carbonyl (C=O) groups excluding carboxylic acids is 1. The number of nitrogens with one attached hydrogen (secondary N) is 1. The largest absolute Gasteiger partial charge is 0.481 e. The van der Waals surface area contributed by atoms with E-state index in [0.717, 1.165) is 0 Å². The van der Waals surface area contributed by atoms with Gasteiger partial charge in [-0.2, -0.15) is 0 Å². The molecule has 1 heterocycles. The maximum Gasteiger partial charge on any atom is 0.322 e. The highest BCUT2D eigenvalue weighted by molar-refractivity contribution is 6.33. The Morgan fingerprint density at radius 3 is 2.70 bits per heavy atom. The standard InChI is InChI=1S/C14H17ClN2O3/c1-9-8-10(13(18)19)6-7-17(9)14(20)16-12-5-3-2-4-11(12)15/h2-5,9-10H,6-8H2,1H3,(H,16,20)(H,18,19). The average Bonchev–Trinajstić information content (AvgIpc) is 2.41. The summed E-state index contributed by atoms with van der Waals surface area (Å²) in [7, 11) is 0. The molecule has 2 rings (SSSR count). The number of benzene rings is 1. The number of piperidine rings is 1. The van der Waals surface area contributed by atoms with E-state index in [4.69, 9.17) is 16.7 Å². The Kier molecular flexibility index (Phi) is 4.49. The number of carboxylic acid groups (broad SMARTS) is 1. The molecule has 108 valence electrons. The summed E-state index contributed by atoms with van der Waals surface area (Å²) in [6.07, 6.45) is 0.959. The number of rotatable bonds is 2. The maximum absolute atomic E-state index is 12.2. The summed E-state index contributed by atoms with van der Waals surface area (Å²) in [5.41, 5.74) is 0.562. The van der Waals surface area contributed by atoms with Crippen LogP contribution in [0.5, 0.6) is 0 Å². The number of hydrogen-bond donors (Lipinski definition) is 2. The van der Waals surface area contributed by atoms with Crippen LogP contribution in [0.25, 0.3) is 0 Å². The second-order valence-electron chi connectivity index (χ2n) is 5.01. The molecular formula is C14H17ClN2O3. The van der Waals surface area contributed by atoms with Gasteiger partial charge in [0.15, 0.2) is 0 Å². The van der Waals surface area contributed by atoms with Crippen molar-refractivity contribution >= 4 is 29.3 Å². The average molecular weight is 297 g/mol. The summed E-state index contributed by atoms with van der Waals surface area (Å²) < 4.78 is 0. The molecule has 0 saturated carbocycles. The summed E-state index contributed by atoms with van der Waals surface area (Å²) in [6.45, 7) is 2.30. The third kappa shape index (κ3) is 3.22. The lowest BCUT2D eigenvalue weighted by Crippen LogP contribution is -2.47. The number of halogens is 1. The minimum atomic E-state index is -0.789. The second-order valence-corrected chi connectivity index (χ2v) is 5.42. The molecule has 1 aromatic carbocycles. The minimum absolute atomic E-state index is 0.104. The van der Waals surface area contributed by atoms with Crippen molar-refractivity contribution in [3.05, 3.63) is 29.3 Å². The van der Waals surface area contributed by atoms with Crippen molar-refractivity contribution in [1.29, 1.82) is 0 Å². The van der Waals surface area contributed by atoms with Gasteiger partial charge in [0, 0.05) is 12.6 Å². The highest BCUT2D eigenvalue weighted by atomic mass is 35.5. The Labute approximate surface area is 122 Å². The molecule has 1 aromatic rings. The van der Waals surface area contributed by atoms with E-state index in [1.807, 2.05) is 6.92 Å². The lowest BCUT2D eigenvalue weighted by molar-refractivity contribution is -0.143. The predicted molar refractivity (Wildman–Crippen MR) is 77.0 cm³/mol. The zero-order valence-corrected chi connectivity index (χ0v) is 11.9. The van der Waals surface area contributed by atoms with E-state index in [1.165, 1.54) is 0 Å². The van der Waals surface area contributed by atoms with E-state index >= 15 is 0 Å². The van der Waals surface area contributed by atoms with Crippen molar-refractivity contribution < 1.29 is 14.7 Å². The fraction of sp³-hybridized carbons (Fsp3) is 0.429. The van der Waals surface area contributed by atoms with Gasteiger partial charge in [0.25, 0.3) is 0 Å². The first-order valence-corrected chi connectivity index (χ1v) is 6.91. The number of carbonyl (C=O) groups is 2. The fourth-order valence-electron chi connectivity index (χ4n) is 2.45. The lowest BCUT2D eigenvalue weighted by Gasteiger charge is -2.36. The molecular weight excluding hydrogens is 280 g/mol. The van der Waals surface area contributed by atoms with Crippen molar-refractivity contribution in [3.8, 4) is 0 Å². The van der Waals surface area contributed by atoms with Gasteiger partial charge in [-0.3, -0.25) is 4.79 Å². The number of carboxylic acids is 1. The molecule has 5 nitrogen and oxygen atoms in total. The molecule has 0 aromatic heterocycles. The Morgan fingerprint density at radius 1 is 1.40 bits per heavy atom. The zero-order valence-electron chi connectivity index (χ0n) is 11.2. The van der Waals surface area contributed by atoms with E-state index in [9.17, 15) is 9.59 Å². The molecule has 1 saturated heterocycles. The molecule has 1 aliphatic heterocycles. The lowest BCUT2D eigenvalue weighted by atomic mass is 9.92. The van der Waals surface area contributed by atoms with Crippen LogP contribution in [0.15, 0.2) is 24.3 Å². The van der Waals surface area contributed by atoms with E-state index < -0.39 is 5.97 Å². The van der Waals surface area contributed by atoms with Crippen LogP contribution in [0.2, 0.25) is 5.02 Å². The summed E-state index contributed by atoms with van der Waals surface area (Å²) in [6, 6.07) is 6.67. The summed E-state index contributed by atoms with van der Waals surface area (Å²) in [5, 5.41) is 12.3. The topological polar surface area (TPSA) is 69.6 Å². The van der Waals surface area contributed by atoms with Crippen LogP contribution in [0.1, 0.15) is 19.8 Å². The van der Waals surface area contributed by atoms with E-state index in [0.29, 0.717) is 30.1 Å². The van der Waals surface area contributed by atoms with Gasteiger partial charge in [-0.25, -0.2) is 4.79 Å². The quantitative estimate of drug-likeness (QED) is 0.881. The van der Waals surface area contributed by atoms with Crippen LogP contribution in [0, 0.1) is 5.92 Å². The minimum Gasteiger partial charge on any atom is -0.481 e. The van der Waals surface area contributed by atoms with Gasteiger partial charge in [0.1, 0.15) is 0 Å². The Bertz CT molecular complexity index is 521.